The summed E-state index contributed by atoms with van der Waals surface area (Å²) in [5.74, 6) is 0.897. The van der Waals surface area contributed by atoms with Gasteiger partial charge < -0.3 is 10.8 Å². The molecular weight excluding hydrogens is 242 g/mol. The molecule has 0 aliphatic rings. The lowest BCUT2D eigenvalue weighted by atomic mass is 10.1. The number of aliphatic hydroxyl groups excluding tert-OH is 1. The summed E-state index contributed by atoms with van der Waals surface area (Å²) in [6.07, 6.45) is 0.790. The van der Waals surface area contributed by atoms with Gasteiger partial charge in [0.05, 0.1) is 0 Å². The average molecular weight is 260 g/mol. The van der Waals surface area contributed by atoms with Crippen LogP contribution in [0.3, 0.4) is 0 Å². The second-order valence-electron chi connectivity index (χ2n) is 3.75. The number of benzene rings is 1. The highest BCUT2D eigenvalue weighted by Gasteiger charge is 2.18. The molecule has 0 aliphatic heterocycles. The van der Waals surface area contributed by atoms with E-state index in [-0.39, 0.29) is 17.9 Å². The van der Waals surface area contributed by atoms with Gasteiger partial charge in [-0.1, -0.05) is 29.8 Å². The molecule has 0 aliphatic carbocycles. The molecule has 0 saturated heterocycles. The zero-order valence-corrected chi connectivity index (χ0v) is 11.0. The Kier molecular flexibility index (Phi) is 6.21. The third-order valence-electron chi connectivity index (χ3n) is 2.29. The summed E-state index contributed by atoms with van der Waals surface area (Å²) in [7, 11) is 0. The molecule has 2 nitrogen and oxygen atoms in total. The summed E-state index contributed by atoms with van der Waals surface area (Å²) in [5.41, 5.74) is 7.06. The fourth-order valence-electron chi connectivity index (χ4n) is 1.51. The molecule has 0 fully saturated rings. The van der Waals surface area contributed by atoms with Crippen LogP contribution in [-0.2, 0) is 0 Å². The number of aliphatic hydroxyl groups is 1. The van der Waals surface area contributed by atoms with Crippen molar-refractivity contribution in [1.29, 1.82) is 0 Å². The Bertz CT molecular complexity index is 320. The van der Waals surface area contributed by atoms with Gasteiger partial charge >= 0.3 is 0 Å². The summed E-state index contributed by atoms with van der Waals surface area (Å²) < 4.78 is 0. The molecule has 16 heavy (non-hydrogen) atoms. The van der Waals surface area contributed by atoms with Crippen LogP contribution in [0.5, 0.6) is 0 Å². The monoisotopic (exact) mass is 259 g/mol. The minimum atomic E-state index is 0.0450. The van der Waals surface area contributed by atoms with Crippen molar-refractivity contribution in [3.05, 3.63) is 34.9 Å². The first-order valence-corrected chi connectivity index (χ1v) is 6.82. The molecule has 0 radical (unpaired) electrons. The van der Waals surface area contributed by atoms with E-state index in [1.54, 1.807) is 11.8 Å². The zero-order chi connectivity index (χ0) is 12.0. The van der Waals surface area contributed by atoms with Gasteiger partial charge in [-0.3, -0.25) is 0 Å². The largest absolute Gasteiger partial charge is 0.396 e. The maximum atomic E-state index is 8.77. The lowest BCUT2D eigenvalue weighted by molar-refractivity contribution is 0.296. The van der Waals surface area contributed by atoms with Crippen molar-refractivity contribution in [2.45, 2.75) is 24.6 Å². The van der Waals surface area contributed by atoms with E-state index in [0.717, 1.165) is 22.8 Å². The SMILES string of the molecule is CC(N)C(SCCCO)c1ccccc1Cl. The maximum absolute atomic E-state index is 8.77. The Balaban J connectivity index is 2.74. The van der Waals surface area contributed by atoms with E-state index in [2.05, 4.69) is 0 Å². The van der Waals surface area contributed by atoms with Crippen molar-refractivity contribution >= 4 is 23.4 Å². The summed E-state index contributed by atoms with van der Waals surface area (Å²) in [5, 5.41) is 9.73. The first-order chi connectivity index (χ1) is 7.66. The van der Waals surface area contributed by atoms with E-state index >= 15 is 0 Å². The lowest BCUT2D eigenvalue weighted by Gasteiger charge is -2.21. The summed E-state index contributed by atoms with van der Waals surface area (Å²) in [6.45, 7) is 2.21. The Morgan fingerprint density at radius 3 is 2.69 bits per heavy atom. The minimum Gasteiger partial charge on any atom is -0.396 e. The Hall–Kier alpha value is -0.220. The number of hydrogen-bond acceptors (Lipinski definition) is 3. The van der Waals surface area contributed by atoms with Gasteiger partial charge in [0.1, 0.15) is 0 Å². The molecule has 0 heterocycles. The standard InChI is InChI=1S/C12H18ClNOS/c1-9(14)12(16-8-4-7-15)10-5-2-3-6-11(10)13/h2-3,5-6,9,12,15H,4,7-8,14H2,1H3. The number of nitrogens with two attached hydrogens (primary N) is 1. The molecular formula is C12H18ClNOS. The highest BCUT2D eigenvalue weighted by molar-refractivity contribution is 7.99. The number of halogens is 1. The maximum Gasteiger partial charge on any atom is 0.0460 e. The van der Waals surface area contributed by atoms with E-state index in [1.807, 2.05) is 31.2 Å². The van der Waals surface area contributed by atoms with Gasteiger partial charge in [-0.15, -0.1) is 0 Å². The Morgan fingerprint density at radius 2 is 2.12 bits per heavy atom. The van der Waals surface area contributed by atoms with Crippen LogP contribution in [0, 0.1) is 0 Å². The average Bonchev–Trinajstić information content (AvgIpc) is 2.25. The van der Waals surface area contributed by atoms with E-state index in [1.165, 1.54) is 0 Å². The molecule has 0 bridgehead atoms. The number of hydrogen-bond donors (Lipinski definition) is 2. The van der Waals surface area contributed by atoms with Crippen LogP contribution in [0.4, 0.5) is 0 Å². The molecule has 0 spiro atoms. The second kappa shape index (κ2) is 7.17. The van der Waals surface area contributed by atoms with Crippen LogP contribution in [0.15, 0.2) is 24.3 Å². The van der Waals surface area contributed by atoms with Crippen LogP contribution < -0.4 is 5.73 Å². The summed E-state index contributed by atoms with van der Waals surface area (Å²) >= 11 is 7.91. The topological polar surface area (TPSA) is 46.2 Å². The van der Waals surface area contributed by atoms with Crippen LogP contribution in [0.1, 0.15) is 24.2 Å². The predicted octanol–water partition coefficient (Wildman–Crippen LogP) is 2.84. The van der Waals surface area contributed by atoms with Crippen molar-refractivity contribution in [3.8, 4) is 0 Å². The number of rotatable bonds is 6. The van der Waals surface area contributed by atoms with Crippen molar-refractivity contribution < 1.29 is 5.11 Å². The molecule has 2 unspecified atom stereocenters. The smallest absolute Gasteiger partial charge is 0.0460 e. The van der Waals surface area contributed by atoms with Crippen LogP contribution in [-0.4, -0.2) is 23.5 Å². The first-order valence-electron chi connectivity index (χ1n) is 5.39. The quantitative estimate of drug-likeness (QED) is 0.773. The van der Waals surface area contributed by atoms with Gasteiger partial charge in [-0.2, -0.15) is 11.8 Å². The van der Waals surface area contributed by atoms with Gasteiger partial charge in [-0.25, -0.2) is 0 Å². The molecule has 0 saturated carbocycles. The molecule has 4 heteroatoms. The number of thioether (sulfide) groups is 1. The van der Waals surface area contributed by atoms with E-state index < -0.39 is 0 Å². The molecule has 3 N–H and O–H groups in total. The molecule has 0 aromatic heterocycles. The normalized spacial score (nSPS) is 14.8. The summed E-state index contributed by atoms with van der Waals surface area (Å²) in [4.78, 5) is 0. The Morgan fingerprint density at radius 1 is 1.44 bits per heavy atom. The molecule has 0 amide bonds. The molecule has 1 aromatic rings. The lowest BCUT2D eigenvalue weighted by Crippen LogP contribution is -2.23. The van der Waals surface area contributed by atoms with Gasteiger partial charge in [0, 0.05) is 22.9 Å². The molecule has 1 aromatic carbocycles. The minimum absolute atomic E-state index is 0.0450. The van der Waals surface area contributed by atoms with E-state index in [9.17, 15) is 0 Å². The van der Waals surface area contributed by atoms with E-state index in [4.69, 9.17) is 22.4 Å². The van der Waals surface area contributed by atoms with Crippen molar-refractivity contribution in [1.82, 2.24) is 0 Å². The van der Waals surface area contributed by atoms with Crippen molar-refractivity contribution in [2.24, 2.45) is 5.73 Å². The first kappa shape index (κ1) is 13.8. The molecule has 1 rings (SSSR count). The fraction of sp³-hybridized carbons (Fsp3) is 0.500. The fourth-order valence-corrected chi connectivity index (χ4v) is 3.06. The van der Waals surface area contributed by atoms with Crippen LogP contribution >= 0.6 is 23.4 Å². The van der Waals surface area contributed by atoms with Crippen molar-refractivity contribution in [3.63, 3.8) is 0 Å². The third kappa shape index (κ3) is 3.98. The van der Waals surface area contributed by atoms with Gasteiger partial charge in [0.2, 0.25) is 0 Å². The zero-order valence-electron chi connectivity index (χ0n) is 9.40. The van der Waals surface area contributed by atoms with Gasteiger partial charge in [0.15, 0.2) is 0 Å². The molecule has 90 valence electrons. The van der Waals surface area contributed by atoms with Crippen LogP contribution in [0.25, 0.3) is 0 Å². The Labute approximate surface area is 106 Å². The second-order valence-corrected chi connectivity index (χ2v) is 5.41. The van der Waals surface area contributed by atoms with Gasteiger partial charge in [-0.05, 0) is 30.7 Å². The van der Waals surface area contributed by atoms with Crippen molar-refractivity contribution in [2.75, 3.05) is 12.4 Å². The third-order valence-corrected chi connectivity index (χ3v) is 4.20. The van der Waals surface area contributed by atoms with Gasteiger partial charge in [0.25, 0.3) is 0 Å². The summed E-state index contributed by atoms with van der Waals surface area (Å²) in [6, 6.07) is 7.84. The van der Waals surface area contributed by atoms with Crippen LogP contribution in [0.2, 0.25) is 5.02 Å². The highest BCUT2D eigenvalue weighted by Crippen LogP contribution is 2.35. The molecule has 2 atom stereocenters. The highest BCUT2D eigenvalue weighted by atomic mass is 35.5. The van der Waals surface area contributed by atoms with E-state index in [0.29, 0.717) is 0 Å². The predicted molar refractivity (Wildman–Crippen MR) is 72.0 cm³/mol.